The molecule has 1 aromatic carbocycles. The molecule has 1 aliphatic rings. The summed E-state index contributed by atoms with van der Waals surface area (Å²) in [4.78, 5) is 14.1. The molecule has 1 heterocycles. The lowest BCUT2D eigenvalue weighted by Crippen LogP contribution is -2.45. The van der Waals surface area contributed by atoms with Gasteiger partial charge in [0.15, 0.2) is 0 Å². The van der Waals surface area contributed by atoms with Crippen molar-refractivity contribution in [2.45, 2.75) is 25.3 Å². The molecule has 0 bridgehead atoms. The van der Waals surface area contributed by atoms with Crippen molar-refractivity contribution in [2.75, 3.05) is 26.8 Å². The Kier molecular flexibility index (Phi) is 5.56. The first-order chi connectivity index (χ1) is 9.66. The average molecular weight is 276 g/mol. The Morgan fingerprint density at radius 3 is 2.65 bits per heavy atom. The lowest BCUT2D eigenvalue weighted by molar-refractivity contribution is -0.132. The van der Waals surface area contributed by atoms with Crippen LogP contribution in [0.5, 0.6) is 0 Å². The minimum absolute atomic E-state index is 0.0281. The molecular weight excluding hydrogens is 252 g/mol. The van der Waals surface area contributed by atoms with E-state index in [2.05, 4.69) is 0 Å². The van der Waals surface area contributed by atoms with Gasteiger partial charge in [-0.3, -0.25) is 4.79 Å². The quantitative estimate of drug-likeness (QED) is 0.885. The number of carbonyl (C=O) groups is 1. The topological polar surface area (TPSA) is 55.6 Å². The number of nitrogens with zero attached hydrogens (tertiary/aromatic N) is 1. The molecule has 1 fully saturated rings. The van der Waals surface area contributed by atoms with Gasteiger partial charge in [0.2, 0.25) is 5.91 Å². The van der Waals surface area contributed by atoms with E-state index in [4.69, 9.17) is 10.5 Å². The van der Waals surface area contributed by atoms with Crippen LogP contribution < -0.4 is 5.73 Å². The third-order valence-electron chi connectivity index (χ3n) is 3.86. The third-order valence-corrected chi connectivity index (χ3v) is 3.86. The highest BCUT2D eigenvalue weighted by molar-refractivity contribution is 5.81. The molecule has 2 rings (SSSR count). The van der Waals surface area contributed by atoms with Crippen LogP contribution in [0.3, 0.4) is 0 Å². The summed E-state index contributed by atoms with van der Waals surface area (Å²) in [7, 11) is 1.85. The normalized spacial score (nSPS) is 17.7. The van der Waals surface area contributed by atoms with E-state index in [9.17, 15) is 4.79 Å². The van der Waals surface area contributed by atoms with Gasteiger partial charge < -0.3 is 15.4 Å². The van der Waals surface area contributed by atoms with E-state index in [1.807, 2.05) is 37.4 Å². The molecule has 1 atom stereocenters. The number of likely N-dealkylation sites (N-methyl/N-ethyl adjacent to an activating group) is 1. The first-order valence-corrected chi connectivity index (χ1v) is 7.29. The van der Waals surface area contributed by atoms with E-state index in [1.165, 1.54) is 0 Å². The fraction of sp³-hybridized carbons (Fsp3) is 0.562. The molecule has 0 radical (unpaired) electrons. The van der Waals surface area contributed by atoms with Crippen LogP contribution in [0.1, 0.15) is 18.4 Å². The van der Waals surface area contributed by atoms with E-state index in [0.29, 0.717) is 12.3 Å². The third kappa shape index (κ3) is 4.32. The monoisotopic (exact) mass is 276 g/mol. The summed E-state index contributed by atoms with van der Waals surface area (Å²) in [5.41, 5.74) is 7.14. The molecule has 0 unspecified atom stereocenters. The maximum absolute atomic E-state index is 12.3. The molecule has 1 aliphatic heterocycles. The summed E-state index contributed by atoms with van der Waals surface area (Å²) >= 11 is 0. The second-order valence-electron chi connectivity index (χ2n) is 5.57. The van der Waals surface area contributed by atoms with E-state index < -0.39 is 6.04 Å². The van der Waals surface area contributed by atoms with Gasteiger partial charge in [-0.25, -0.2) is 0 Å². The predicted octanol–water partition coefficient (Wildman–Crippen LogP) is 1.44. The summed E-state index contributed by atoms with van der Waals surface area (Å²) in [5.74, 6) is 0.571. The molecule has 0 aliphatic carbocycles. The molecule has 1 amide bonds. The van der Waals surface area contributed by atoms with Crippen LogP contribution in [-0.2, 0) is 16.0 Å². The molecular formula is C16H24N2O2. The number of nitrogens with two attached hydrogens (primary N) is 1. The summed E-state index contributed by atoms with van der Waals surface area (Å²) in [6.07, 6.45) is 2.66. The minimum atomic E-state index is -0.456. The number of hydrogen-bond donors (Lipinski definition) is 1. The van der Waals surface area contributed by atoms with Crippen molar-refractivity contribution in [3.05, 3.63) is 35.9 Å². The molecule has 20 heavy (non-hydrogen) atoms. The van der Waals surface area contributed by atoms with E-state index in [1.54, 1.807) is 4.90 Å². The standard InChI is InChI=1S/C16H24N2O2/c1-18(12-14-7-9-20-10-8-14)16(19)15(17)11-13-5-3-2-4-6-13/h2-6,14-15H,7-12,17H2,1H3/t15-/m0/s1. The molecule has 0 spiro atoms. The van der Waals surface area contributed by atoms with E-state index in [0.717, 1.165) is 38.2 Å². The highest BCUT2D eigenvalue weighted by Crippen LogP contribution is 2.16. The maximum atomic E-state index is 12.3. The molecule has 0 aromatic heterocycles. The van der Waals surface area contributed by atoms with Crippen molar-refractivity contribution < 1.29 is 9.53 Å². The number of ether oxygens (including phenoxy) is 1. The molecule has 110 valence electrons. The molecule has 1 aromatic rings. The van der Waals surface area contributed by atoms with Crippen molar-refractivity contribution in [3.63, 3.8) is 0 Å². The zero-order valence-corrected chi connectivity index (χ0v) is 12.1. The zero-order chi connectivity index (χ0) is 14.4. The van der Waals surface area contributed by atoms with E-state index >= 15 is 0 Å². The molecule has 4 heteroatoms. The van der Waals surface area contributed by atoms with Gasteiger partial charge in [-0.2, -0.15) is 0 Å². The van der Waals surface area contributed by atoms with Crippen LogP contribution in [-0.4, -0.2) is 43.7 Å². The lowest BCUT2D eigenvalue weighted by atomic mass is 9.99. The zero-order valence-electron chi connectivity index (χ0n) is 12.1. The smallest absolute Gasteiger partial charge is 0.239 e. The van der Waals surface area contributed by atoms with Gasteiger partial charge in [0.05, 0.1) is 6.04 Å². The van der Waals surface area contributed by atoms with Crippen molar-refractivity contribution >= 4 is 5.91 Å². The first kappa shape index (κ1) is 15.0. The fourth-order valence-electron chi connectivity index (χ4n) is 2.64. The Balaban J connectivity index is 1.82. The van der Waals surface area contributed by atoms with Gasteiger partial charge in [0.1, 0.15) is 0 Å². The van der Waals surface area contributed by atoms with Gasteiger partial charge in [0, 0.05) is 26.8 Å². The highest BCUT2D eigenvalue weighted by atomic mass is 16.5. The van der Waals surface area contributed by atoms with Crippen molar-refractivity contribution in [3.8, 4) is 0 Å². The van der Waals surface area contributed by atoms with Crippen LogP contribution in [0, 0.1) is 5.92 Å². The van der Waals surface area contributed by atoms with Crippen LogP contribution in [0.15, 0.2) is 30.3 Å². The number of benzene rings is 1. The maximum Gasteiger partial charge on any atom is 0.239 e. The molecule has 0 saturated carbocycles. The fourth-order valence-corrected chi connectivity index (χ4v) is 2.64. The second kappa shape index (κ2) is 7.41. The number of rotatable bonds is 5. The van der Waals surface area contributed by atoms with Crippen LogP contribution in [0.4, 0.5) is 0 Å². The Hall–Kier alpha value is -1.39. The Bertz CT molecular complexity index is 416. The molecule has 2 N–H and O–H groups in total. The van der Waals surface area contributed by atoms with Gasteiger partial charge in [-0.05, 0) is 30.7 Å². The van der Waals surface area contributed by atoms with Gasteiger partial charge >= 0.3 is 0 Å². The van der Waals surface area contributed by atoms with Crippen molar-refractivity contribution in [2.24, 2.45) is 11.7 Å². The number of hydrogen-bond acceptors (Lipinski definition) is 3. The number of carbonyl (C=O) groups excluding carboxylic acids is 1. The Morgan fingerprint density at radius 1 is 1.35 bits per heavy atom. The van der Waals surface area contributed by atoms with Gasteiger partial charge in [0.25, 0.3) is 0 Å². The largest absolute Gasteiger partial charge is 0.381 e. The summed E-state index contributed by atoms with van der Waals surface area (Å²) in [6.45, 7) is 2.40. The molecule has 4 nitrogen and oxygen atoms in total. The minimum Gasteiger partial charge on any atom is -0.381 e. The first-order valence-electron chi connectivity index (χ1n) is 7.29. The summed E-state index contributed by atoms with van der Waals surface area (Å²) in [6, 6.07) is 9.46. The molecule has 1 saturated heterocycles. The average Bonchev–Trinajstić information content (AvgIpc) is 2.48. The Labute approximate surface area is 120 Å². The van der Waals surface area contributed by atoms with Crippen molar-refractivity contribution in [1.82, 2.24) is 4.90 Å². The van der Waals surface area contributed by atoms with Gasteiger partial charge in [-0.1, -0.05) is 30.3 Å². The van der Waals surface area contributed by atoms with Crippen molar-refractivity contribution in [1.29, 1.82) is 0 Å². The second-order valence-corrected chi connectivity index (χ2v) is 5.57. The predicted molar refractivity (Wildman–Crippen MR) is 79.3 cm³/mol. The Morgan fingerprint density at radius 2 is 2.00 bits per heavy atom. The van der Waals surface area contributed by atoms with Crippen LogP contribution >= 0.6 is 0 Å². The number of amides is 1. The van der Waals surface area contributed by atoms with Crippen LogP contribution in [0.2, 0.25) is 0 Å². The highest BCUT2D eigenvalue weighted by Gasteiger charge is 2.22. The summed E-state index contributed by atoms with van der Waals surface area (Å²) < 4.78 is 5.34. The van der Waals surface area contributed by atoms with Gasteiger partial charge in [-0.15, -0.1) is 0 Å². The SMILES string of the molecule is CN(CC1CCOCC1)C(=O)[C@@H](N)Cc1ccccc1. The lowest BCUT2D eigenvalue weighted by Gasteiger charge is -2.28. The van der Waals surface area contributed by atoms with E-state index in [-0.39, 0.29) is 5.91 Å². The summed E-state index contributed by atoms with van der Waals surface area (Å²) in [5, 5.41) is 0. The van der Waals surface area contributed by atoms with Crippen LogP contribution in [0.25, 0.3) is 0 Å².